The molecular weight excluding hydrogens is 250 g/mol. The zero-order chi connectivity index (χ0) is 14.3. The third-order valence-corrected chi connectivity index (χ3v) is 3.02. The van der Waals surface area contributed by atoms with Crippen molar-refractivity contribution in [2.24, 2.45) is 5.92 Å². The van der Waals surface area contributed by atoms with Gasteiger partial charge in [-0.05, 0) is 12.8 Å². The van der Waals surface area contributed by atoms with E-state index in [0.29, 0.717) is 26.2 Å². The van der Waals surface area contributed by atoms with E-state index in [2.05, 4.69) is 15.4 Å². The van der Waals surface area contributed by atoms with Crippen LogP contribution in [0.5, 0.6) is 0 Å². The summed E-state index contributed by atoms with van der Waals surface area (Å²) >= 11 is 0. The van der Waals surface area contributed by atoms with Gasteiger partial charge in [0.1, 0.15) is 0 Å². The van der Waals surface area contributed by atoms with E-state index >= 15 is 0 Å². The van der Waals surface area contributed by atoms with E-state index in [1.54, 1.807) is 4.90 Å². The Bertz CT molecular complexity index is 346. The highest BCUT2D eigenvalue weighted by atomic mass is 16.5. The average molecular weight is 271 g/mol. The standard InChI is InChI=1S/C12H21N3O4/c1-9(16)13-5-6-14-11(17)10-4-3-7-15(8-10)12(18)19-2/h10H,3-8H2,1-2H3,(H,13,16)(H,14,17). The molecule has 7 nitrogen and oxygen atoms in total. The summed E-state index contributed by atoms with van der Waals surface area (Å²) in [5.74, 6) is -0.409. The summed E-state index contributed by atoms with van der Waals surface area (Å²) in [6.45, 7) is 3.25. The number of likely N-dealkylation sites (tertiary alicyclic amines) is 1. The molecule has 0 radical (unpaired) electrons. The Morgan fingerprint density at radius 3 is 2.58 bits per heavy atom. The predicted octanol–water partition coefficient (Wildman–Crippen LogP) is -0.283. The topological polar surface area (TPSA) is 87.7 Å². The van der Waals surface area contributed by atoms with Gasteiger partial charge in [-0.2, -0.15) is 0 Å². The number of nitrogens with one attached hydrogen (secondary N) is 2. The van der Waals surface area contributed by atoms with Crippen molar-refractivity contribution in [2.75, 3.05) is 33.3 Å². The number of amides is 3. The van der Waals surface area contributed by atoms with E-state index in [-0.39, 0.29) is 17.7 Å². The molecule has 1 rings (SSSR count). The number of methoxy groups -OCH3 is 1. The van der Waals surface area contributed by atoms with Crippen molar-refractivity contribution in [2.45, 2.75) is 19.8 Å². The Morgan fingerprint density at radius 1 is 1.26 bits per heavy atom. The summed E-state index contributed by atoms with van der Waals surface area (Å²) in [5.41, 5.74) is 0. The van der Waals surface area contributed by atoms with Crippen LogP contribution in [0.25, 0.3) is 0 Å². The molecule has 1 heterocycles. The monoisotopic (exact) mass is 271 g/mol. The summed E-state index contributed by atoms with van der Waals surface area (Å²) in [7, 11) is 1.33. The lowest BCUT2D eigenvalue weighted by Crippen LogP contribution is -2.46. The van der Waals surface area contributed by atoms with Gasteiger partial charge in [0, 0.05) is 33.1 Å². The fourth-order valence-corrected chi connectivity index (χ4v) is 2.05. The van der Waals surface area contributed by atoms with Gasteiger partial charge in [0.2, 0.25) is 11.8 Å². The molecule has 19 heavy (non-hydrogen) atoms. The Kier molecular flexibility index (Phi) is 6.11. The number of hydrogen-bond acceptors (Lipinski definition) is 4. The molecule has 1 aliphatic heterocycles. The van der Waals surface area contributed by atoms with Crippen molar-refractivity contribution in [3.05, 3.63) is 0 Å². The van der Waals surface area contributed by atoms with Crippen molar-refractivity contribution in [3.8, 4) is 0 Å². The second-order valence-corrected chi connectivity index (χ2v) is 4.53. The highest BCUT2D eigenvalue weighted by molar-refractivity contribution is 5.80. The van der Waals surface area contributed by atoms with Crippen LogP contribution in [0.1, 0.15) is 19.8 Å². The lowest BCUT2D eigenvalue weighted by molar-refractivity contribution is -0.126. The van der Waals surface area contributed by atoms with Gasteiger partial charge in [-0.25, -0.2) is 4.79 Å². The number of ether oxygens (including phenoxy) is 1. The van der Waals surface area contributed by atoms with E-state index in [1.807, 2.05) is 0 Å². The van der Waals surface area contributed by atoms with Crippen LogP contribution in [-0.2, 0) is 14.3 Å². The Hall–Kier alpha value is -1.79. The first kappa shape index (κ1) is 15.3. The second kappa shape index (κ2) is 7.60. The normalized spacial score (nSPS) is 18.6. The van der Waals surface area contributed by atoms with Gasteiger partial charge in [0.05, 0.1) is 13.0 Å². The van der Waals surface area contributed by atoms with Gasteiger partial charge in [0.15, 0.2) is 0 Å². The molecule has 1 aliphatic rings. The van der Waals surface area contributed by atoms with Crippen molar-refractivity contribution in [1.29, 1.82) is 0 Å². The molecule has 0 aromatic carbocycles. The van der Waals surface area contributed by atoms with E-state index in [0.717, 1.165) is 12.8 Å². The molecule has 1 fully saturated rings. The first-order chi connectivity index (χ1) is 9.04. The highest BCUT2D eigenvalue weighted by Crippen LogP contribution is 2.17. The van der Waals surface area contributed by atoms with Crippen LogP contribution in [0.15, 0.2) is 0 Å². The SMILES string of the molecule is COC(=O)N1CCCC(C(=O)NCCNC(C)=O)C1. The molecule has 0 saturated carbocycles. The highest BCUT2D eigenvalue weighted by Gasteiger charge is 2.28. The lowest BCUT2D eigenvalue weighted by atomic mass is 9.97. The molecule has 0 aromatic heterocycles. The van der Waals surface area contributed by atoms with E-state index in [1.165, 1.54) is 14.0 Å². The molecule has 1 unspecified atom stereocenters. The summed E-state index contributed by atoms with van der Waals surface area (Å²) in [6, 6.07) is 0. The van der Waals surface area contributed by atoms with Gasteiger partial charge < -0.3 is 20.3 Å². The molecule has 0 aromatic rings. The van der Waals surface area contributed by atoms with Crippen molar-refractivity contribution in [1.82, 2.24) is 15.5 Å². The molecule has 1 saturated heterocycles. The maximum absolute atomic E-state index is 11.9. The summed E-state index contributed by atoms with van der Waals surface area (Å²) in [5, 5.41) is 5.35. The number of piperidine rings is 1. The van der Waals surface area contributed by atoms with Crippen molar-refractivity contribution >= 4 is 17.9 Å². The Labute approximate surface area is 112 Å². The molecular formula is C12H21N3O4. The number of nitrogens with zero attached hydrogens (tertiary/aromatic N) is 1. The fourth-order valence-electron chi connectivity index (χ4n) is 2.05. The van der Waals surface area contributed by atoms with E-state index < -0.39 is 6.09 Å². The van der Waals surface area contributed by atoms with Gasteiger partial charge >= 0.3 is 6.09 Å². The fraction of sp³-hybridized carbons (Fsp3) is 0.750. The maximum atomic E-state index is 11.9. The minimum atomic E-state index is -0.393. The van der Waals surface area contributed by atoms with Crippen LogP contribution in [0.3, 0.4) is 0 Å². The number of hydrogen-bond donors (Lipinski definition) is 2. The molecule has 7 heteroatoms. The lowest BCUT2D eigenvalue weighted by Gasteiger charge is -2.30. The Balaban J connectivity index is 2.31. The van der Waals surface area contributed by atoms with Gasteiger partial charge in [-0.15, -0.1) is 0 Å². The Morgan fingerprint density at radius 2 is 1.95 bits per heavy atom. The van der Waals surface area contributed by atoms with Crippen LogP contribution in [0.2, 0.25) is 0 Å². The van der Waals surface area contributed by atoms with Crippen molar-refractivity contribution in [3.63, 3.8) is 0 Å². The molecule has 0 spiro atoms. The van der Waals surface area contributed by atoms with Gasteiger partial charge in [-0.1, -0.05) is 0 Å². The van der Waals surface area contributed by atoms with Crippen LogP contribution in [0.4, 0.5) is 4.79 Å². The van der Waals surface area contributed by atoms with Crippen LogP contribution < -0.4 is 10.6 Å². The van der Waals surface area contributed by atoms with Crippen LogP contribution in [0, 0.1) is 5.92 Å². The predicted molar refractivity (Wildman–Crippen MR) is 68.4 cm³/mol. The third kappa shape index (κ3) is 5.15. The summed E-state index contributed by atoms with van der Waals surface area (Å²) in [6.07, 6.45) is 1.16. The number of carbonyl (C=O) groups excluding carboxylic acids is 3. The zero-order valence-corrected chi connectivity index (χ0v) is 11.4. The molecule has 1 atom stereocenters. The van der Waals surface area contributed by atoms with Crippen LogP contribution >= 0.6 is 0 Å². The smallest absolute Gasteiger partial charge is 0.409 e. The quantitative estimate of drug-likeness (QED) is 0.688. The minimum absolute atomic E-state index is 0.0843. The minimum Gasteiger partial charge on any atom is -0.453 e. The summed E-state index contributed by atoms with van der Waals surface area (Å²) in [4.78, 5) is 35.5. The van der Waals surface area contributed by atoms with Gasteiger partial charge in [-0.3, -0.25) is 9.59 Å². The first-order valence-electron chi connectivity index (χ1n) is 6.39. The number of carbonyl (C=O) groups is 3. The molecule has 3 amide bonds. The third-order valence-electron chi connectivity index (χ3n) is 3.02. The first-order valence-corrected chi connectivity index (χ1v) is 6.39. The maximum Gasteiger partial charge on any atom is 0.409 e. The molecule has 0 aliphatic carbocycles. The largest absolute Gasteiger partial charge is 0.453 e. The summed E-state index contributed by atoms with van der Waals surface area (Å²) < 4.78 is 4.65. The zero-order valence-electron chi connectivity index (χ0n) is 11.4. The van der Waals surface area contributed by atoms with Crippen LogP contribution in [-0.4, -0.2) is 56.1 Å². The molecule has 108 valence electrons. The van der Waals surface area contributed by atoms with E-state index in [4.69, 9.17) is 0 Å². The molecule has 2 N–H and O–H groups in total. The van der Waals surface area contributed by atoms with Crippen molar-refractivity contribution < 1.29 is 19.1 Å². The van der Waals surface area contributed by atoms with E-state index in [9.17, 15) is 14.4 Å². The molecule has 0 bridgehead atoms. The number of rotatable bonds is 4. The second-order valence-electron chi connectivity index (χ2n) is 4.53. The average Bonchev–Trinajstić information content (AvgIpc) is 2.42. The van der Waals surface area contributed by atoms with Gasteiger partial charge in [0.25, 0.3) is 0 Å².